The van der Waals surface area contributed by atoms with Crippen LogP contribution in [0, 0.1) is 0 Å². The molecule has 0 aliphatic carbocycles. The monoisotopic (exact) mass is 294 g/mol. The lowest BCUT2D eigenvalue weighted by atomic mass is 10.1. The summed E-state index contributed by atoms with van der Waals surface area (Å²) in [5.74, 6) is -0.0907. The van der Waals surface area contributed by atoms with Crippen LogP contribution in [0.2, 0.25) is 0 Å². The van der Waals surface area contributed by atoms with E-state index in [0.29, 0.717) is 6.42 Å². The lowest BCUT2D eigenvalue weighted by molar-refractivity contribution is -0.140. The molecule has 0 spiro atoms. The second-order valence-corrected chi connectivity index (χ2v) is 5.54. The zero-order valence-corrected chi connectivity index (χ0v) is 14.1. The van der Waals surface area contributed by atoms with Crippen LogP contribution in [0.4, 0.5) is 0 Å². The number of carbonyl (C=O) groups is 1. The molecule has 0 aliphatic heterocycles. The molecule has 122 valence electrons. The van der Waals surface area contributed by atoms with Crippen molar-refractivity contribution in [1.82, 2.24) is 0 Å². The van der Waals surface area contributed by atoms with Crippen LogP contribution in [0.5, 0.6) is 0 Å². The van der Waals surface area contributed by atoms with Crippen LogP contribution in [0.1, 0.15) is 84.0 Å². The Morgan fingerprint density at radius 3 is 1.81 bits per heavy atom. The summed E-state index contributed by atoms with van der Waals surface area (Å²) in [4.78, 5) is 10.9. The summed E-state index contributed by atoms with van der Waals surface area (Å²) in [5.41, 5.74) is 0. The van der Waals surface area contributed by atoms with E-state index >= 15 is 0 Å². The van der Waals surface area contributed by atoms with Gasteiger partial charge in [0, 0.05) is 6.42 Å². The van der Waals surface area contributed by atoms with Gasteiger partial charge in [0.05, 0.1) is 7.11 Å². The Bertz CT molecular complexity index is 279. The average molecular weight is 294 g/mol. The first kappa shape index (κ1) is 19.9. The number of ether oxygens (including phenoxy) is 1. The molecule has 0 heterocycles. The van der Waals surface area contributed by atoms with E-state index in [2.05, 4.69) is 36.0 Å². The second-order valence-electron chi connectivity index (χ2n) is 5.54. The third-order valence-electron chi connectivity index (χ3n) is 3.54. The fourth-order valence-electron chi connectivity index (χ4n) is 2.16. The molecular formula is C19H34O2. The molecule has 2 nitrogen and oxygen atoms in total. The Morgan fingerprint density at radius 1 is 0.762 bits per heavy atom. The number of carbonyl (C=O) groups excluding carboxylic acids is 1. The minimum Gasteiger partial charge on any atom is -0.469 e. The van der Waals surface area contributed by atoms with Crippen molar-refractivity contribution >= 4 is 5.97 Å². The lowest BCUT2D eigenvalue weighted by Crippen LogP contribution is -1.98. The smallest absolute Gasteiger partial charge is 0.305 e. The molecule has 0 saturated carbocycles. The van der Waals surface area contributed by atoms with Crippen molar-refractivity contribution < 1.29 is 9.53 Å². The van der Waals surface area contributed by atoms with E-state index in [-0.39, 0.29) is 5.97 Å². The van der Waals surface area contributed by atoms with E-state index in [9.17, 15) is 4.79 Å². The van der Waals surface area contributed by atoms with Gasteiger partial charge in [-0.05, 0) is 44.9 Å². The average Bonchev–Trinajstić information content (AvgIpc) is 2.50. The van der Waals surface area contributed by atoms with Gasteiger partial charge < -0.3 is 4.74 Å². The first-order valence-corrected chi connectivity index (χ1v) is 8.68. The van der Waals surface area contributed by atoms with Gasteiger partial charge in [0.15, 0.2) is 0 Å². The van der Waals surface area contributed by atoms with Gasteiger partial charge in [-0.1, -0.05) is 56.9 Å². The Morgan fingerprint density at radius 2 is 1.29 bits per heavy atom. The number of allylic oxidation sites excluding steroid dienone is 4. The summed E-state index contributed by atoms with van der Waals surface area (Å²) in [6.07, 6.45) is 23.0. The van der Waals surface area contributed by atoms with E-state index in [0.717, 1.165) is 32.1 Å². The Balaban J connectivity index is 3.22. The summed E-state index contributed by atoms with van der Waals surface area (Å²) in [5, 5.41) is 0. The molecule has 0 N–H and O–H groups in total. The van der Waals surface area contributed by atoms with Crippen LogP contribution in [0.3, 0.4) is 0 Å². The first-order chi connectivity index (χ1) is 10.3. The third-order valence-corrected chi connectivity index (χ3v) is 3.54. The van der Waals surface area contributed by atoms with Crippen LogP contribution < -0.4 is 0 Å². The summed E-state index contributed by atoms with van der Waals surface area (Å²) in [6, 6.07) is 0. The highest BCUT2D eigenvalue weighted by molar-refractivity contribution is 5.68. The van der Waals surface area contributed by atoms with Crippen molar-refractivity contribution in [2.75, 3.05) is 7.11 Å². The predicted molar refractivity (Wildman–Crippen MR) is 91.4 cm³/mol. The zero-order valence-electron chi connectivity index (χ0n) is 14.1. The van der Waals surface area contributed by atoms with Crippen molar-refractivity contribution in [1.29, 1.82) is 0 Å². The van der Waals surface area contributed by atoms with E-state index in [1.807, 2.05) is 0 Å². The third kappa shape index (κ3) is 16.9. The van der Waals surface area contributed by atoms with Crippen molar-refractivity contribution in [2.24, 2.45) is 0 Å². The standard InChI is InChI=1S/C19H34O2/c1-3-4-5-6-7-8-9-10-11-12-13-14-15-16-17-18-19(20)21-2/h8-9,12-13H,3-7,10-11,14-18H2,1-2H3. The van der Waals surface area contributed by atoms with Crippen LogP contribution >= 0.6 is 0 Å². The van der Waals surface area contributed by atoms with Gasteiger partial charge in [0.2, 0.25) is 0 Å². The SMILES string of the molecule is CCCCCCC=CCCC=CCCCCCC(=O)OC. The van der Waals surface area contributed by atoms with E-state index in [4.69, 9.17) is 0 Å². The number of methoxy groups -OCH3 is 1. The van der Waals surface area contributed by atoms with Crippen molar-refractivity contribution in [3.63, 3.8) is 0 Å². The maximum absolute atomic E-state index is 10.9. The largest absolute Gasteiger partial charge is 0.469 e. The van der Waals surface area contributed by atoms with Gasteiger partial charge in [-0.15, -0.1) is 0 Å². The maximum atomic E-state index is 10.9. The second kappa shape index (κ2) is 17.0. The molecule has 0 unspecified atom stereocenters. The quantitative estimate of drug-likeness (QED) is 0.224. The van der Waals surface area contributed by atoms with E-state index in [1.54, 1.807) is 0 Å². The van der Waals surface area contributed by atoms with Gasteiger partial charge >= 0.3 is 5.97 Å². The number of hydrogen-bond donors (Lipinski definition) is 0. The van der Waals surface area contributed by atoms with E-state index in [1.165, 1.54) is 45.6 Å². The van der Waals surface area contributed by atoms with Crippen molar-refractivity contribution in [3.8, 4) is 0 Å². The van der Waals surface area contributed by atoms with Gasteiger partial charge in [-0.2, -0.15) is 0 Å². The number of rotatable bonds is 14. The molecule has 0 aliphatic rings. The fraction of sp³-hybridized carbons (Fsp3) is 0.737. The minimum absolute atomic E-state index is 0.0907. The van der Waals surface area contributed by atoms with Crippen LogP contribution in [0.25, 0.3) is 0 Å². The predicted octanol–water partition coefficient (Wildman–Crippen LogP) is 5.97. The number of esters is 1. The Labute approximate surface area is 131 Å². The molecule has 0 aromatic heterocycles. The summed E-state index contributed by atoms with van der Waals surface area (Å²) in [7, 11) is 1.45. The van der Waals surface area contributed by atoms with Crippen molar-refractivity contribution in [2.45, 2.75) is 84.0 Å². The highest BCUT2D eigenvalue weighted by atomic mass is 16.5. The molecule has 2 heteroatoms. The molecule has 0 aromatic carbocycles. The topological polar surface area (TPSA) is 26.3 Å². The molecule has 0 rings (SSSR count). The summed E-state index contributed by atoms with van der Waals surface area (Å²) < 4.78 is 4.61. The summed E-state index contributed by atoms with van der Waals surface area (Å²) in [6.45, 7) is 2.25. The molecular weight excluding hydrogens is 260 g/mol. The fourth-order valence-corrected chi connectivity index (χ4v) is 2.16. The van der Waals surface area contributed by atoms with Gasteiger partial charge in [-0.3, -0.25) is 4.79 Å². The number of unbranched alkanes of at least 4 members (excludes halogenated alkanes) is 8. The van der Waals surface area contributed by atoms with Crippen molar-refractivity contribution in [3.05, 3.63) is 24.3 Å². The molecule has 0 aromatic rings. The minimum atomic E-state index is -0.0907. The number of hydrogen-bond acceptors (Lipinski definition) is 2. The molecule has 0 fully saturated rings. The van der Waals surface area contributed by atoms with Crippen LogP contribution in [0.15, 0.2) is 24.3 Å². The van der Waals surface area contributed by atoms with Crippen LogP contribution in [-0.4, -0.2) is 13.1 Å². The molecule has 21 heavy (non-hydrogen) atoms. The van der Waals surface area contributed by atoms with Gasteiger partial charge in [0.1, 0.15) is 0 Å². The molecule has 0 saturated heterocycles. The molecule has 0 bridgehead atoms. The normalized spacial score (nSPS) is 11.5. The Hall–Kier alpha value is -1.05. The summed E-state index contributed by atoms with van der Waals surface area (Å²) >= 11 is 0. The highest BCUT2D eigenvalue weighted by Crippen LogP contribution is 2.06. The first-order valence-electron chi connectivity index (χ1n) is 8.68. The van der Waals surface area contributed by atoms with Crippen LogP contribution in [-0.2, 0) is 9.53 Å². The zero-order chi connectivity index (χ0) is 15.6. The maximum Gasteiger partial charge on any atom is 0.305 e. The van der Waals surface area contributed by atoms with E-state index < -0.39 is 0 Å². The Kier molecular flexibility index (Phi) is 16.2. The van der Waals surface area contributed by atoms with Gasteiger partial charge in [0.25, 0.3) is 0 Å². The van der Waals surface area contributed by atoms with Gasteiger partial charge in [-0.25, -0.2) is 0 Å². The highest BCUT2D eigenvalue weighted by Gasteiger charge is 1.97. The molecule has 0 amide bonds. The molecule has 0 atom stereocenters. The lowest BCUT2D eigenvalue weighted by Gasteiger charge is -1.98. The molecule has 0 radical (unpaired) electrons.